The maximum Gasteiger partial charge on any atom is 0.258 e. The van der Waals surface area contributed by atoms with Gasteiger partial charge >= 0.3 is 0 Å². The summed E-state index contributed by atoms with van der Waals surface area (Å²) in [6, 6.07) is 5.04. The highest BCUT2D eigenvalue weighted by Crippen LogP contribution is 2.26. The van der Waals surface area contributed by atoms with Crippen molar-refractivity contribution in [1.29, 1.82) is 0 Å². The third kappa shape index (κ3) is 6.65. The molecule has 10 heteroatoms. The number of thiazole rings is 1. The molecule has 1 fully saturated rings. The van der Waals surface area contributed by atoms with Gasteiger partial charge in [-0.3, -0.25) is 14.5 Å². The van der Waals surface area contributed by atoms with E-state index < -0.39 is 0 Å². The number of methoxy groups -OCH3 is 2. The molecule has 1 saturated heterocycles. The first-order valence-electron chi connectivity index (χ1n) is 10.5. The van der Waals surface area contributed by atoms with Crippen LogP contribution in [0.25, 0.3) is 0 Å². The molecule has 2 amide bonds. The summed E-state index contributed by atoms with van der Waals surface area (Å²) in [5.41, 5.74) is 0.387. The number of hydrogen-bond acceptors (Lipinski definition) is 8. The number of aromatic nitrogens is 1. The van der Waals surface area contributed by atoms with Crippen LogP contribution >= 0.6 is 11.3 Å². The lowest BCUT2D eigenvalue weighted by atomic mass is 10.1. The van der Waals surface area contributed by atoms with Crippen molar-refractivity contribution in [1.82, 2.24) is 14.8 Å². The van der Waals surface area contributed by atoms with Crippen molar-refractivity contribution in [2.45, 2.75) is 13.3 Å². The first-order valence-corrected chi connectivity index (χ1v) is 11.4. The van der Waals surface area contributed by atoms with Gasteiger partial charge in [-0.25, -0.2) is 4.98 Å². The molecule has 2 aromatic rings. The number of ether oxygens (including phenoxy) is 3. The molecular formula is C22H30N4O5S. The normalized spacial score (nSPS) is 14.1. The predicted molar refractivity (Wildman–Crippen MR) is 123 cm³/mol. The van der Waals surface area contributed by atoms with Gasteiger partial charge in [0.25, 0.3) is 5.91 Å². The highest BCUT2D eigenvalue weighted by molar-refractivity contribution is 7.15. The van der Waals surface area contributed by atoms with E-state index in [1.807, 2.05) is 6.92 Å². The molecule has 1 aliphatic heterocycles. The third-order valence-electron chi connectivity index (χ3n) is 5.13. The van der Waals surface area contributed by atoms with Crippen LogP contribution in [0.5, 0.6) is 11.5 Å². The van der Waals surface area contributed by atoms with Gasteiger partial charge in [-0.2, -0.15) is 0 Å². The molecule has 32 heavy (non-hydrogen) atoms. The molecule has 0 bridgehead atoms. The summed E-state index contributed by atoms with van der Waals surface area (Å²) in [5, 5.41) is 3.31. The Kier molecular flexibility index (Phi) is 8.83. The van der Waals surface area contributed by atoms with Crippen LogP contribution < -0.4 is 14.8 Å². The molecule has 1 N–H and O–H groups in total. The van der Waals surface area contributed by atoms with E-state index in [4.69, 9.17) is 14.2 Å². The standard InChI is InChI=1S/C22H30N4O5S/c1-16-14-23-22(32-16)24-20(27)15-26(8-4-7-25-9-11-31-12-10-25)21(28)18-6-5-17(29-2)13-19(18)30-3/h5-6,13-14H,4,7-12,15H2,1-3H3,(H,23,24,27). The fourth-order valence-corrected chi connectivity index (χ4v) is 4.13. The fourth-order valence-electron chi connectivity index (χ4n) is 3.45. The lowest BCUT2D eigenvalue weighted by Gasteiger charge is -2.28. The second-order valence-corrected chi connectivity index (χ2v) is 8.66. The Morgan fingerprint density at radius 2 is 2.03 bits per heavy atom. The van der Waals surface area contributed by atoms with Gasteiger partial charge in [0.1, 0.15) is 18.0 Å². The van der Waals surface area contributed by atoms with Crippen LogP contribution in [0.1, 0.15) is 21.7 Å². The summed E-state index contributed by atoms with van der Waals surface area (Å²) in [4.78, 5) is 35.1. The Balaban J connectivity index is 1.70. The third-order valence-corrected chi connectivity index (χ3v) is 5.96. The molecule has 174 valence electrons. The summed E-state index contributed by atoms with van der Waals surface area (Å²) in [7, 11) is 3.06. The number of anilines is 1. The molecule has 1 aromatic heterocycles. The molecule has 9 nitrogen and oxygen atoms in total. The molecule has 3 rings (SSSR count). The Labute approximate surface area is 192 Å². The van der Waals surface area contributed by atoms with Gasteiger partial charge in [-0.05, 0) is 25.5 Å². The van der Waals surface area contributed by atoms with Crippen LogP contribution in [0.15, 0.2) is 24.4 Å². The molecule has 0 unspecified atom stereocenters. The summed E-state index contributed by atoms with van der Waals surface area (Å²) >= 11 is 1.40. The second kappa shape index (κ2) is 11.8. The van der Waals surface area contributed by atoms with E-state index >= 15 is 0 Å². The maximum atomic E-state index is 13.4. The number of aryl methyl sites for hydroxylation is 1. The van der Waals surface area contributed by atoms with Gasteiger partial charge in [0, 0.05) is 43.3 Å². The topological polar surface area (TPSA) is 93.2 Å². The Hall–Kier alpha value is -2.69. The van der Waals surface area contributed by atoms with E-state index in [1.165, 1.54) is 18.4 Å². The molecule has 0 atom stereocenters. The monoisotopic (exact) mass is 462 g/mol. The van der Waals surface area contributed by atoms with E-state index in [9.17, 15) is 9.59 Å². The molecule has 1 aliphatic rings. The zero-order valence-corrected chi connectivity index (χ0v) is 19.6. The predicted octanol–water partition coefficient (Wildman–Crippen LogP) is 2.27. The zero-order valence-electron chi connectivity index (χ0n) is 18.8. The lowest BCUT2D eigenvalue weighted by molar-refractivity contribution is -0.116. The number of rotatable bonds is 10. The number of carbonyl (C=O) groups excluding carboxylic acids is 2. The van der Waals surface area contributed by atoms with Crippen molar-refractivity contribution < 1.29 is 23.8 Å². The van der Waals surface area contributed by atoms with Crippen molar-refractivity contribution in [3.05, 3.63) is 34.8 Å². The summed E-state index contributed by atoms with van der Waals surface area (Å²) in [6.07, 6.45) is 2.45. The van der Waals surface area contributed by atoms with E-state index in [-0.39, 0.29) is 18.4 Å². The SMILES string of the molecule is COc1ccc(C(=O)N(CCCN2CCOCC2)CC(=O)Nc2ncc(C)s2)c(OC)c1. The number of nitrogens with one attached hydrogen (secondary N) is 1. The van der Waals surface area contributed by atoms with Crippen LogP contribution in [-0.4, -0.2) is 86.8 Å². The number of amides is 2. The van der Waals surface area contributed by atoms with Gasteiger partial charge in [-0.15, -0.1) is 11.3 Å². The molecule has 1 aromatic carbocycles. The quantitative estimate of drug-likeness (QED) is 0.579. The number of nitrogens with zero attached hydrogens (tertiary/aromatic N) is 3. The van der Waals surface area contributed by atoms with Crippen molar-refractivity contribution in [3.63, 3.8) is 0 Å². The van der Waals surface area contributed by atoms with Gasteiger partial charge in [0.2, 0.25) is 5.91 Å². The average molecular weight is 463 g/mol. The van der Waals surface area contributed by atoms with Crippen molar-refractivity contribution in [3.8, 4) is 11.5 Å². The number of carbonyl (C=O) groups is 2. The van der Waals surface area contributed by atoms with Gasteiger partial charge in [-0.1, -0.05) is 0 Å². The van der Waals surface area contributed by atoms with Crippen LogP contribution in [0, 0.1) is 6.92 Å². The largest absolute Gasteiger partial charge is 0.497 e. The summed E-state index contributed by atoms with van der Waals surface area (Å²) in [6.45, 7) is 6.33. The number of morpholine rings is 1. The first kappa shape index (κ1) is 24.0. The molecule has 0 saturated carbocycles. The Morgan fingerprint density at radius 3 is 2.69 bits per heavy atom. The van der Waals surface area contributed by atoms with Crippen molar-refractivity contribution in [2.75, 3.05) is 65.5 Å². The van der Waals surface area contributed by atoms with Gasteiger partial charge in [0.15, 0.2) is 5.13 Å². The fraction of sp³-hybridized carbons (Fsp3) is 0.500. The molecule has 0 aliphatic carbocycles. The molecular weight excluding hydrogens is 432 g/mol. The minimum absolute atomic E-state index is 0.0737. The van der Waals surface area contributed by atoms with E-state index in [1.54, 1.807) is 36.4 Å². The lowest BCUT2D eigenvalue weighted by Crippen LogP contribution is -2.41. The van der Waals surface area contributed by atoms with Crippen LogP contribution in [0.4, 0.5) is 5.13 Å². The van der Waals surface area contributed by atoms with E-state index in [0.29, 0.717) is 28.7 Å². The Bertz CT molecular complexity index is 913. The summed E-state index contributed by atoms with van der Waals surface area (Å²) < 4.78 is 16.0. The van der Waals surface area contributed by atoms with E-state index in [2.05, 4.69) is 15.2 Å². The van der Waals surface area contributed by atoms with Gasteiger partial charge < -0.3 is 24.4 Å². The summed E-state index contributed by atoms with van der Waals surface area (Å²) in [5.74, 6) is 0.445. The minimum Gasteiger partial charge on any atom is -0.497 e. The smallest absolute Gasteiger partial charge is 0.258 e. The zero-order chi connectivity index (χ0) is 22.9. The highest BCUT2D eigenvalue weighted by atomic mass is 32.1. The number of benzene rings is 1. The second-order valence-electron chi connectivity index (χ2n) is 7.42. The van der Waals surface area contributed by atoms with Crippen LogP contribution in [-0.2, 0) is 9.53 Å². The van der Waals surface area contributed by atoms with Crippen LogP contribution in [0.3, 0.4) is 0 Å². The molecule has 2 heterocycles. The van der Waals surface area contributed by atoms with E-state index in [0.717, 1.165) is 44.1 Å². The maximum absolute atomic E-state index is 13.4. The van der Waals surface area contributed by atoms with Crippen molar-refractivity contribution >= 4 is 28.3 Å². The van der Waals surface area contributed by atoms with Crippen LogP contribution in [0.2, 0.25) is 0 Å². The molecule has 0 spiro atoms. The van der Waals surface area contributed by atoms with Crippen molar-refractivity contribution in [2.24, 2.45) is 0 Å². The Morgan fingerprint density at radius 1 is 1.25 bits per heavy atom. The average Bonchev–Trinajstić information content (AvgIpc) is 3.22. The molecule has 0 radical (unpaired) electrons. The first-order chi connectivity index (χ1) is 15.5. The highest BCUT2D eigenvalue weighted by Gasteiger charge is 2.23. The number of hydrogen-bond donors (Lipinski definition) is 1. The minimum atomic E-state index is -0.286. The van der Waals surface area contributed by atoms with Gasteiger partial charge in [0.05, 0.1) is 33.0 Å².